The summed E-state index contributed by atoms with van der Waals surface area (Å²) in [6, 6.07) is 18.9. The van der Waals surface area contributed by atoms with Gasteiger partial charge in [0.05, 0.1) is 18.8 Å². The molecule has 2 aromatic carbocycles. The minimum atomic E-state index is -1.03. The Morgan fingerprint density at radius 1 is 1.00 bits per heavy atom. The van der Waals surface area contributed by atoms with Gasteiger partial charge in [0.25, 0.3) is 0 Å². The molecule has 4 rings (SSSR count). The number of ether oxygens (including phenoxy) is 1. The lowest BCUT2D eigenvalue weighted by molar-refractivity contribution is -0.207. The monoisotopic (exact) mass is 550 g/mol. The Labute approximate surface area is 200 Å². The lowest BCUT2D eigenvalue weighted by Gasteiger charge is -2.41. The molecule has 0 unspecified atom stereocenters. The Hall–Kier alpha value is -1.29. The summed E-state index contributed by atoms with van der Waals surface area (Å²) in [7, 11) is 0. The van der Waals surface area contributed by atoms with E-state index >= 15 is 0 Å². The number of hydrogen-bond acceptors (Lipinski definition) is 5. The van der Waals surface area contributed by atoms with Crippen LogP contribution in [0.15, 0.2) is 54.6 Å². The van der Waals surface area contributed by atoms with Crippen LogP contribution in [0.25, 0.3) is 10.4 Å². The standard InChI is InChI=1S/C25H27IO4S/c1-14-3-4-17(25-24(29)23(28)15(2)21(13-27)30-25)11-18(14)12-20-9-10-22(31-20)16-5-7-19(26)8-6-16/h3-11,15,21,23-25,27-29H,12-13H2,1-2H3/t15-,21-,23+,24-,25+/m1/s1. The molecule has 3 N–H and O–H groups in total. The van der Waals surface area contributed by atoms with Crippen molar-refractivity contribution in [3.05, 3.63) is 79.7 Å². The molecule has 4 nitrogen and oxygen atoms in total. The largest absolute Gasteiger partial charge is 0.394 e. The van der Waals surface area contributed by atoms with Crippen molar-refractivity contribution in [3.8, 4) is 10.4 Å². The molecule has 0 spiro atoms. The van der Waals surface area contributed by atoms with Crippen molar-refractivity contribution in [3.63, 3.8) is 0 Å². The molecule has 6 heteroatoms. The molecule has 1 aliphatic heterocycles. The maximum atomic E-state index is 10.6. The molecule has 1 aromatic heterocycles. The molecule has 1 fully saturated rings. The number of halogens is 1. The Balaban J connectivity index is 1.57. The number of rotatable bonds is 5. The van der Waals surface area contributed by atoms with Crippen LogP contribution in [0.2, 0.25) is 0 Å². The fourth-order valence-corrected chi connectivity index (χ4v) is 5.47. The summed E-state index contributed by atoms with van der Waals surface area (Å²) in [5, 5.41) is 30.7. The van der Waals surface area contributed by atoms with Crippen LogP contribution >= 0.6 is 33.9 Å². The summed E-state index contributed by atoms with van der Waals surface area (Å²) in [6.45, 7) is 3.68. The Bertz CT molecular complexity index is 1030. The van der Waals surface area contributed by atoms with Crippen molar-refractivity contribution in [2.24, 2.45) is 5.92 Å². The molecule has 0 radical (unpaired) electrons. The summed E-state index contributed by atoms with van der Waals surface area (Å²) < 4.78 is 7.20. The lowest BCUT2D eigenvalue weighted by atomic mass is 9.85. The smallest absolute Gasteiger partial charge is 0.111 e. The Morgan fingerprint density at radius 2 is 1.74 bits per heavy atom. The fraction of sp³-hybridized carbons (Fsp3) is 0.360. The van der Waals surface area contributed by atoms with Crippen LogP contribution in [0.5, 0.6) is 0 Å². The first-order valence-corrected chi connectivity index (χ1v) is 12.3. The van der Waals surface area contributed by atoms with Gasteiger partial charge in [0.1, 0.15) is 12.2 Å². The number of thiophene rings is 1. The predicted octanol–water partition coefficient (Wildman–Crippen LogP) is 4.71. The number of hydrogen-bond donors (Lipinski definition) is 3. The van der Waals surface area contributed by atoms with E-state index in [-0.39, 0.29) is 12.5 Å². The minimum Gasteiger partial charge on any atom is -0.394 e. The first-order chi connectivity index (χ1) is 14.9. The van der Waals surface area contributed by atoms with Crippen molar-refractivity contribution >= 4 is 33.9 Å². The zero-order valence-corrected chi connectivity index (χ0v) is 20.5. The quantitative estimate of drug-likeness (QED) is 0.403. The summed E-state index contributed by atoms with van der Waals surface area (Å²) in [5.41, 5.74) is 4.38. The highest BCUT2D eigenvalue weighted by atomic mass is 127. The van der Waals surface area contributed by atoms with Gasteiger partial charge in [-0.25, -0.2) is 0 Å². The summed E-state index contributed by atoms with van der Waals surface area (Å²) >= 11 is 4.10. The number of aliphatic hydroxyl groups is 3. The van der Waals surface area contributed by atoms with Crippen LogP contribution < -0.4 is 0 Å². The van der Waals surface area contributed by atoms with Crippen molar-refractivity contribution < 1.29 is 20.1 Å². The highest BCUT2D eigenvalue weighted by Crippen LogP contribution is 2.36. The van der Waals surface area contributed by atoms with Gasteiger partial charge in [-0.15, -0.1) is 11.3 Å². The van der Waals surface area contributed by atoms with Gasteiger partial charge in [-0.3, -0.25) is 0 Å². The van der Waals surface area contributed by atoms with Gasteiger partial charge in [-0.05, 0) is 76.0 Å². The molecule has 164 valence electrons. The van der Waals surface area contributed by atoms with E-state index < -0.39 is 24.4 Å². The second kappa shape index (κ2) is 9.68. The van der Waals surface area contributed by atoms with Crippen molar-refractivity contribution in [1.29, 1.82) is 0 Å². The van der Waals surface area contributed by atoms with Crippen molar-refractivity contribution in [2.75, 3.05) is 6.61 Å². The SMILES string of the molecule is Cc1ccc([C@@H]2O[C@H](CO)[C@@H](C)[C@H](O)[C@H]2O)cc1Cc1ccc(-c2ccc(I)cc2)s1. The fourth-order valence-electron chi connectivity index (χ4n) is 4.08. The van der Waals surface area contributed by atoms with Crippen molar-refractivity contribution in [1.82, 2.24) is 0 Å². The van der Waals surface area contributed by atoms with Gasteiger partial charge in [0.15, 0.2) is 0 Å². The van der Waals surface area contributed by atoms with E-state index in [2.05, 4.69) is 72.0 Å². The van der Waals surface area contributed by atoms with Crippen LogP contribution in [0, 0.1) is 16.4 Å². The molecule has 0 amide bonds. The Kier molecular flexibility index (Phi) is 7.15. The van der Waals surface area contributed by atoms with Crippen LogP contribution in [-0.2, 0) is 11.2 Å². The first kappa shape index (κ1) is 22.9. The van der Waals surface area contributed by atoms with Gasteiger partial charge < -0.3 is 20.1 Å². The number of aryl methyl sites for hydroxylation is 1. The molecule has 2 heterocycles. The average Bonchev–Trinajstić information content (AvgIpc) is 3.23. The average molecular weight is 550 g/mol. The third-order valence-electron chi connectivity index (χ3n) is 6.14. The summed E-state index contributed by atoms with van der Waals surface area (Å²) in [6.07, 6.45) is -2.33. The van der Waals surface area contributed by atoms with Gasteiger partial charge in [-0.2, -0.15) is 0 Å². The van der Waals surface area contributed by atoms with E-state index in [1.165, 1.54) is 24.5 Å². The molecule has 3 aromatic rings. The van der Waals surface area contributed by atoms with Crippen LogP contribution in [-0.4, -0.2) is 40.2 Å². The van der Waals surface area contributed by atoms with E-state index in [0.717, 1.165) is 17.5 Å². The molecule has 0 saturated carbocycles. The molecule has 1 aliphatic rings. The van der Waals surface area contributed by atoms with E-state index in [4.69, 9.17) is 4.74 Å². The highest BCUT2D eigenvalue weighted by Gasteiger charge is 2.42. The molecule has 0 bridgehead atoms. The van der Waals surface area contributed by atoms with Gasteiger partial charge in [0.2, 0.25) is 0 Å². The van der Waals surface area contributed by atoms with Crippen LogP contribution in [0.3, 0.4) is 0 Å². The van der Waals surface area contributed by atoms with Gasteiger partial charge in [0, 0.05) is 25.7 Å². The van der Waals surface area contributed by atoms with E-state index in [1.807, 2.05) is 12.1 Å². The Morgan fingerprint density at radius 3 is 2.45 bits per heavy atom. The molecule has 0 aliphatic carbocycles. The van der Waals surface area contributed by atoms with E-state index in [1.54, 1.807) is 18.3 Å². The maximum Gasteiger partial charge on any atom is 0.111 e. The summed E-state index contributed by atoms with van der Waals surface area (Å²) in [4.78, 5) is 2.51. The zero-order valence-electron chi connectivity index (χ0n) is 17.5. The van der Waals surface area contributed by atoms with E-state index in [9.17, 15) is 15.3 Å². The second-order valence-electron chi connectivity index (χ2n) is 8.25. The summed E-state index contributed by atoms with van der Waals surface area (Å²) in [5.74, 6) is -0.327. The topological polar surface area (TPSA) is 69.9 Å². The minimum absolute atomic E-state index is 0.184. The first-order valence-electron chi connectivity index (χ1n) is 10.4. The number of aliphatic hydroxyl groups excluding tert-OH is 3. The third-order valence-corrected chi connectivity index (χ3v) is 8.00. The lowest BCUT2D eigenvalue weighted by Crippen LogP contribution is -2.50. The number of benzene rings is 2. The molecular weight excluding hydrogens is 523 g/mol. The molecule has 31 heavy (non-hydrogen) atoms. The third kappa shape index (κ3) is 4.89. The van der Waals surface area contributed by atoms with Gasteiger partial charge >= 0.3 is 0 Å². The second-order valence-corrected chi connectivity index (χ2v) is 10.7. The molecule has 5 atom stereocenters. The van der Waals surface area contributed by atoms with Gasteiger partial charge in [-0.1, -0.05) is 37.3 Å². The molecule has 1 saturated heterocycles. The van der Waals surface area contributed by atoms with E-state index in [0.29, 0.717) is 0 Å². The molecular formula is C25H27IO4S. The highest BCUT2D eigenvalue weighted by molar-refractivity contribution is 14.1. The van der Waals surface area contributed by atoms with Crippen molar-refractivity contribution in [2.45, 2.75) is 44.7 Å². The van der Waals surface area contributed by atoms with Crippen LogP contribution in [0.1, 0.15) is 34.6 Å². The zero-order chi connectivity index (χ0) is 22.1. The van der Waals surface area contributed by atoms with Crippen LogP contribution in [0.4, 0.5) is 0 Å². The normalized spacial score (nSPS) is 26.2. The predicted molar refractivity (Wildman–Crippen MR) is 132 cm³/mol. The maximum absolute atomic E-state index is 10.6.